The minimum atomic E-state index is -0.194. The van der Waals surface area contributed by atoms with Gasteiger partial charge in [-0.2, -0.15) is 0 Å². The average Bonchev–Trinajstić information content (AvgIpc) is 2.96. The van der Waals surface area contributed by atoms with E-state index in [2.05, 4.69) is 11.1 Å². The van der Waals surface area contributed by atoms with Gasteiger partial charge in [-0.05, 0) is 35.7 Å². The largest absolute Gasteiger partial charge is 0.461 e. The zero-order chi connectivity index (χ0) is 15.4. The van der Waals surface area contributed by atoms with E-state index >= 15 is 0 Å². The molecule has 3 aromatic rings. The summed E-state index contributed by atoms with van der Waals surface area (Å²) < 4.78 is 5.29. The lowest BCUT2D eigenvalue weighted by Gasteiger charge is -2.05. The van der Waals surface area contributed by atoms with E-state index in [0.717, 1.165) is 22.0 Å². The number of para-hydroxylation sites is 1. The molecule has 0 aliphatic rings. The molecular weight excluding hydrogens is 298 g/mol. The number of benzene rings is 2. The lowest BCUT2D eigenvalue weighted by molar-refractivity contribution is -0.144. The van der Waals surface area contributed by atoms with Crippen LogP contribution >= 0.6 is 11.6 Å². The first-order chi connectivity index (χ1) is 10.7. The van der Waals surface area contributed by atoms with Gasteiger partial charge in [0.25, 0.3) is 0 Å². The quantitative estimate of drug-likeness (QED) is 0.705. The molecule has 0 aliphatic carbocycles. The highest BCUT2D eigenvalue weighted by Gasteiger charge is 2.08. The molecule has 2 aromatic carbocycles. The molecule has 0 saturated heterocycles. The van der Waals surface area contributed by atoms with Crippen molar-refractivity contribution in [2.75, 3.05) is 0 Å². The van der Waals surface area contributed by atoms with Crippen molar-refractivity contribution in [1.82, 2.24) is 4.98 Å². The summed E-state index contributed by atoms with van der Waals surface area (Å²) in [5.41, 5.74) is 3.16. The van der Waals surface area contributed by atoms with E-state index in [1.165, 1.54) is 0 Å². The van der Waals surface area contributed by atoms with Gasteiger partial charge in [0, 0.05) is 28.5 Å². The minimum absolute atomic E-state index is 0.194. The van der Waals surface area contributed by atoms with Crippen molar-refractivity contribution in [2.24, 2.45) is 0 Å². The summed E-state index contributed by atoms with van der Waals surface area (Å²) in [6, 6.07) is 15.4. The number of carbonyl (C=O) groups is 1. The van der Waals surface area contributed by atoms with E-state index in [9.17, 15) is 4.79 Å². The van der Waals surface area contributed by atoms with Crippen LogP contribution in [0.4, 0.5) is 0 Å². The number of hydrogen-bond acceptors (Lipinski definition) is 2. The Morgan fingerprint density at radius 3 is 2.68 bits per heavy atom. The summed E-state index contributed by atoms with van der Waals surface area (Å²) in [4.78, 5) is 15.1. The second kappa shape index (κ2) is 6.67. The molecule has 3 nitrogen and oxygen atoms in total. The van der Waals surface area contributed by atoms with E-state index in [4.69, 9.17) is 16.3 Å². The van der Waals surface area contributed by atoms with Gasteiger partial charge in [-0.25, -0.2) is 0 Å². The molecule has 1 heterocycles. The van der Waals surface area contributed by atoms with Crippen LogP contribution in [0.25, 0.3) is 10.9 Å². The lowest BCUT2D eigenvalue weighted by atomic mass is 10.1. The number of aromatic nitrogens is 1. The Morgan fingerprint density at radius 1 is 1.09 bits per heavy atom. The highest BCUT2D eigenvalue weighted by atomic mass is 35.5. The first kappa shape index (κ1) is 14.7. The van der Waals surface area contributed by atoms with Gasteiger partial charge in [0.1, 0.15) is 6.61 Å². The van der Waals surface area contributed by atoms with Gasteiger partial charge in [-0.1, -0.05) is 41.9 Å². The van der Waals surface area contributed by atoms with E-state index in [1.807, 2.05) is 36.5 Å². The molecule has 22 heavy (non-hydrogen) atoms. The van der Waals surface area contributed by atoms with Crippen LogP contribution < -0.4 is 0 Å². The van der Waals surface area contributed by atoms with Gasteiger partial charge < -0.3 is 9.72 Å². The molecular formula is C18H16ClNO2. The van der Waals surface area contributed by atoms with Gasteiger partial charge in [0.05, 0.1) is 0 Å². The maximum atomic E-state index is 11.9. The molecule has 0 radical (unpaired) electrons. The second-order valence-corrected chi connectivity index (χ2v) is 5.58. The van der Waals surface area contributed by atoms with E-state index in [1.54, 1.807) is 12.1 Å². The molecule has 0 atom stereocenters. The van der Waals surface area contributed by atoms with Crippen LogP contribution in [0.1, 0.15) is 17.5 Å². The number of aryl methyl sites for hydroxylation is 1. The van der Waals surface area contributed by atoms with Crippen LogP contribution in [0.2, 0.25) is 5.02 Å². The molecule has 1 N–H and O–H groups in total. The van der Waals surface area contributed by atoms with Crippen molar-refractivity contribution in [2.45, 2.75) is 19.4 Å². The van der Waals surface area contributed by atoms with Crippen molar-refractivity contribution in [3.63, 3.8) is 0 Å². The van der Waals surface area contributed by atoms with Crippen LogP contribution in [0.15, 0.2) is 54.7 Å². The van der Waals surface area contributed by atoms with E-state index < -0.39 is 0 Å². The summed E-state index contributed by atoms with van der Waals surface area (Å²) in [7, 11) is 0. The van der Waals surface area contributed by atoms with Gasteiger partial charge in [0.15, 0.2) is 0 Å². The van der Waals surface area contributed by atoms with Gasteiger partial charge in [0.2, 0.25) is 0 Å². The molecule has 4 heteroatoms. The maximum Gasteiger partial charge on any atom is 0.306 e. The molecule has 112 valence electrons. The molecule has 1 aromatic heterocycles. The maximum absolute atomic E-state index is 11.9. The van der Waals surface area contributed by atoms with Gasteiger partial charge >= 0.3 is 5.97 Å². The van der Waals surface area contributed by atoms with Crippen molar-refractivity contribution in [3.05, 3.63) is 70.9 Å². The summed E-state index contributed by atoms with van der Waals surface area (Å²) in [6.45, 7) is 0.282. The van der Waals surface area contributed by atoms with Crippen LogP contribution in [-0.2, 0) is 22.6 Å². The van der Waals surface area contributed by atoms with Crippen molar-refractivity contribution >= 4 is 28.5 Å². The third-order valence-electron chi connectivity index (χ3n) is 3.59. The number of nitrogens with one attached hydrogen (secondary N) is 1. The summed E-state index contributed by atoms with van der Waals surface area (Å²) >= 11 is 5.82. The fraction of sp³-hybridized carbons (Fsp3) is 0.167. The number of carbonyl (C=O) groups excluding carboxylic acids is 1. The van der Waals surface area contributed by atoms with Gasteiger partial charge in [-0.15, -0.1) is 0 Å². The average molecular weight is 314 g/mol. The molecule has 3 rings (SSSR count). The SMILES string of the molecule is O=C(CCc1c[nH]c2ccccc12)OCc1ccc(Cl)cc1. The Bertz CT molecular complexity index is 777. The summed E-state index contributed by atoms with van der Waals surface area (Å²) in [5.74, 6) is -0.194. The Kier molecular flexibility index (Phi) is 4.45. The minimum Gasteiger partial charge on any atom is -0.461 e. The smallest absolute Gasteiger partial charge is 0.306 e. The van der Waals surface area contributed by atoms with Crippen LogP contribution in [0, 0.1) is 0 Å². The van der Waals surface area contributed by atoms with E-state index in [-0.39, 0.29) is 12.6 Å². The predicted molar refractivity (Wildman–Crippen MR) is 87.9 cm³/mol. The van der Waals surface area contributed by atoms with Crippen molar-refractivity contribution in [3.8, 4) is 0 Å². The normalized spacial score (nSPS) is 10.8. The Hall–Kier alpha value is -2.26. The number of esters is 1. The zero-order valence-corrected chi connectivity index (χ0v) is 12.8. The first-order valence-electron chi connectivity index (χ1n) is 7.17. The van der Waals surface area contributed by atoms with Crippen LogP contribution in [0.3, 0.4) is 0 Å². The monoisotopic (exact) mass is 313 g/mol. The van der Waals surface area contributed by atoms with Crippen molar-refractivity contribution < 1.29 is 9.53 Å². The number of fused-ring (bicyclic) bond motifs is 1. The topological polar surface area (TPSA) is 42.1 Å². The molecule has 0 bridgehead atoms. The molecule has 0 aliphatic heterocycles. The summed E-state index contributed by atoms with van der Waals surface area (Å²) in [5, 5.41) is 1.84. The third kappa shape index (κ3) is 3.49. The standard InChI is InChI=1S/C18H16ClNO2/c19-15-8-5-13(6-9-15)12-22-18(21)10-7-14-11-20-17-4-2-1-3-16(14)17/h1-6,8-9,11,20H,7,10,12H2. The first-order valence-corrected chi connectivity index (χ1v) is 7.55. The number of aromatic amines is 1. The predicted octanol–water partition coefficient (Wildman–Crippen LogP) is 4.50. The number of hydrogen-bond donors (Lipinski definition) is 1. The fourth-order valence-corrected chi connectivity index (χ4v) is 2.52. The van der Waals surface area contributed by atoms with Gasteiger partial charge in [-0.3, -0.25) is 4.79 Å². The lowest BCUT2D eigenvalue weighted by Crippen LogP contribution is -2.05. The molecule has 0 fully saturated rings. The third-order valence-corrected chi connectivity index (χ3v) is 3.84. The number of H-pyrrole nitrogens is 1. The highest BCUT2D eigenvalue weighted by molar-refractivity contribution is 6.30. The van der Waals surface area contributed by atoms with Crippen LogP contribution in [-0.4, -0.2) is 11.0 Å². The van der Waals surface area contributed by atoms with E-state index in [0.29, 0.717) is 17.9 Å². The molecule has 0 saturated carbocycles. The Labute approximate surface area is 133 Å². The second-order valence-electron chi connectivity index (χ2n) is 5.15. The highest BCUT2D eigenvalue weighted by Crippen LogP contribution is 2.19. The Balaban J connectivity index is 1.53. The number of rotatable bonds is 5. The number of halogens is 1. The molecule has 0 unspecified atom stereocenters. The summed E-state index contributed by atoms with van der Waals surface area (Å²) in [6.07, 6.45) is 3.00. The Morgan fingerprint density at radius 2 is 1.86 bits per heavy atom. The van der Waals surface area contributed by atoms with Crippen LogP contribution in [0.5, 0.6) is 0 Å². The fourth-order valence-electron chi connectivity index (χ4n) is 2.39. The molecule has 0 spiro atoms. The molecule has 0 amide bonds. The number of ether oxygens (including phenoxy) is 1. The van der Waals surface area contributed by atoms with Crippen molar-refractivity contribution in [1.29, 1.82) is 0 Å². The zero-order valence-electron chi connectivity index (χ0n) is 12.0.